The highest BCUT2D eigenvalue weighted by molar-refractivity contribution is 5.90. The summed E-state index contributed by atoms with van der Waals surface area (Å²) >= 11 is 0. The van der Waals surface area contributed by atoms with Crippen LogP contribution in [0.1, 0.15) is 33.3 Å². The van der Waals surface area contributed by atoms with Crippen LogP contribution in [0.2, 0.25) is 0 Å². The number of rotatable bonds is 3. The van der Waals surface area contributed by atoms with Gasteiger partial charge in [-0.25, -0.2) is 9.59 Å². The topological polar surface area (TPSA) is 90.9 Å². The van der Waals surface area contributed by atoms with Gasteiger partial charge in [0, 0.05) is 18.8 Å². The lowest BCUT2D eigenvalue weighted by Crippen LogP contribution is -2.70. The lowest BCUT2D eigenvalue weighted by molar-refractivity contribution is -0.00958. The van der Waals surface area contributed by atoms with Crippen molar-refractivity contribution in [3.63, 3.8) is 0 Å². The van der Waals surface area contributed by atoms with Crippen molar-refractivity contribution < 1.29 is 19.4 Å². The Hall–Kier alpha value is -2.28. The zero-order valence-electron chi connectivity index (χ0n) is 14.5. The van der Waals surface area contributed by atoms with Gasteiger partial charge in [-0.1, -0.05) is 12.1 Å². The number of ether oxygens (including phenoxy) is 1. The van der Waals surface area contributed by atoms with Crippen molar-refractivity contribution >= 4 is 17.8 Å². The molecular formula is C17H25N3O4. The average Bonchev–Trinajstić information content (AvgIpc) is 2.43. The van der Waals surface area contributed by atoms with Crippen molar-refractivity contribution in [2.24, 2.45) is 0 Å². The summed E-state index contributed by atoms with van der Waals surface area (Å²) in [4.78, 5) is 25.6. The summed E-state index contributed by atoms with van der Waals surface area (Å²) in [5.74, 6) is 0. The van der Waals surface area contributed by atoms with Gasteiger partial charge in [0.05, 0.1) is 12.1 Å². The van der Waals surface area contributed by atoms with Crippen LogP contribution in [-0.2, 0) is 11.3 Å². The molecule has 0 spiro atoms. The first kappa shape index (κ1) is 18.1. The number of benzene rings is 1. The molecule has 1 aliphatic rings. The van der Waals surface area contributed by atoms with E-state index in [0.29, 0.717) is 18.8 Å². The Morgan fingerprint density at radius 3 is 2.33 bits per heavy atom. The molecule has 0 aliphatic carbocycles. The van der Waals surface area contributed by atoms with Gasteiger partial charge in [0.15, 0.2) is 0 Å². The fourth-order valence-electron chi connectivity index (χ4n) is 2.46. The number of hydrogen-bond donors (Lipinski definition) is 3. The smallest absolute Gasteiger partial charge is 0.410 e. The van der Waals surface area contributed by atoms with Crippen LogP contribution in [-0.4, -0.2) is 46.4 Å². The summed E-state index contributed by atoms with van der Waals surface area (Å²) in [5.41, 5.74) is 0.400. The number of likely N-dealkylation sites (tertiary alicyclic amines) is 1. The van der Waals surface area contributed by atoms with Gasteiger partial charge >= 0.3 is 12.1 Å². The summed E-state index contributed by atoms with van der Waals surface area (Å²) in [6, 6.07) is 6.59. The van der Waals surface area contributed by atoms with E-state index in [9.17, 15) is 9.59 Å². The highest BCUT2D eigenvalue weighted by atomic mass is 16.6. The molecular weight excluding hydrogens is 310 g/mol. The summed E-state index contributed by atoms with van der Waals surface area (Å²) < 4.78 is 5.30. The van der Waals surface area contributed by atoms with Crippen molar-refractivity contribution in [2.75, 3.05) is 18.4 Å². The third kappa shape index (κ3) is 4.86. The van der Waals surface area contributed by atoms with Crippen molar-refractivity contribution in [1.82, 2.24) is 10.2 Å². The van der Waals surface area contributed by atoms with E-state index in [-0.39, 0.29) is 18.7 Å². The Labute approximate surface area is 142 Å². The standard InChI is InChI=1S/C17H25N3O4/c1-16(2,3)24-15(23)20-10-17(4,11-20)19-14(22)18-13-7-5-12(9-21)6-8-13/h5-8,21H,9-11H2,1-4H3,(H2,18,19,22). The second-order valence-corrected chi connectivity index (χ2v) is 7.33. The van der Waals surface area contributed by atoms with Gasteiger partial charge in [0.2, 0.25) is 0 Å². The highest BCUT2D eigenvalue weighted by Gasteiger charge is 2.44. The van der Waals surface area contributed by atoms with Crippen molar-refractivity contribution in [3.8, 4) is 0 Å². The van der Waals surface area contributed by atoms with Crippen LogP contribution in [0, 0.1) is 0 Å². The molecule has 7 nitrogen and oxygen atoms in total. The molecule has 0 atom stereocenters. The zero-order chi connectivity index (χ0) is 18.0. The molecule has 1 fully saturated rings. The second kappa shape index (κ2) is 6.68. The van der Waals surface area contributed by atoms with Crippen LogP contribution < -0.4 is 10.6 Å². The van der Waals surface area contributed by atoms with Crippen LogP contribution >= 0.6 is 0 Å². The molecule has 0 unspecified atom stereocenters. The van der Waals surface area contributed by atoms with Crippen LogP contribution in [0.15, 0.2) is 24.3 Å². The SMILES string of the molecule is CC1(NC(=O)Nc2ccc(CO)cc2)CN(C(=O)OC(C)(C)C)C1. The molecule has 0 bridgehead atoms. The molecule has 1 aliphatic heterocycles. The normalized spacial score (nSPS) is 16.1. The van der Waals surface area contributed by atoms with Gasteiger partial charge in [0.1, 0.15) is 5.60 Å². The van der Waals surface area contributed by atoms with Crippen LogP contribution in [0.3, 0.4) is 0 Å². The number of amides is 3. The Kier molecular flexibility index (Phi) is 5.03. The minimum absolute atomic E-state index is 0.0367. The summed E-state index contributed by atoms with van der Waals surface area (Å²) in [6.45, 7) is 8.10. The molecule has 0 saturated carbocycles. The van der Waals surface area contributed by atoms with E-state index in [1.54, 1.807) is 29.2 Å². The molecule has 0 aromatic heterocycles. The Morgan fingerprint density at radius 1 is 1.25 bits per heavy atom. The van der Waals surface area contributed by atoms with Crippen LogP contribution in [0.4, 0.5) is 15.3 Å². The third-order valence-corrected chi connectivity index (χ3v) is 3.54. The van der Waals surface area contributed by atoms with Gasteiger partial charge in [-0.3, -0.25) is 0 Å². The Bertz CT molecular complexity index is 601. The number of nitrogens with one attached hydrogen (secondary N) is 2. The predicted octanol–water partition coefficient (Wildman–Crippen LogP) is 2.31. The van der Waals surface area contributed by atoms with Gasteiger partial charge in [-0.15, -0.1) is 0 Å². The number of carbonyl (C=O) groups excluding carboxylic acids is 2. The molecule has 1 aromatic carbocycles. The number of urea groups is 1. The first-order valence-electron chi connectivity index (χ1n) is 7.87. The Morgan fingerprint density at radius 2 is 1.83 bits per heavy atom. The summed E-state index contributed by atoms with van der Waals surface area (Å²) in [7, 11) is 0. The van der Waals surface area contributed by atoms with Crippen molar-refractivity contribution in [3.05, 3.63) is 29.8 Å². The van der Waals surface area contributed by atoms with Crippen LogP contribution in [0.5, 0.6) is 0 Å². The second-order valence-electron chi connectivity index (χ2n) is 7.33. The molecule has 1 aromatic rings. The molecule has 1 heterocycles. The highest BCUT2D eigenvalue weighted by Crippen LogP contribution is 2.23. The van der Waals surface area contributed by atoms with E-state index in [2.05, 4.69) is 10.6 Å². The number of carbonyl (C=O) groups is 2. The predicted molar refractivity (Wildman–Crippen MR) is 90.7 cm³/mol. The lowest BCUT2D eigenvalue weighted by Gasteiger charge is -2.47. The largest absolute Gasteiger partial charge is 0.444 e. The van der Waals surface area contributed by atoms with E-state index >= 15 is 0 Å². The fraction of sp³-hybridized carbons (Fsp3) is 0.529. The number of aliphatic hydroxyl groups is 1. The number of hydrogen-bond acceptors (Lipinski definition) is 4. The van der Waals surface area contributed by atoms with E-state index < -0.39 is 11.1 Å². The van der Waals surface area contributed by atoms with E-state index in [4.69, 9.17) is 9.84 Å². The molecule has 2 rings (SSSR count). The maximum absolute atomic E-state index is 12.1. The fourth-order valence-corrected chi connectivity index (χ4v) is 2.46. The Balaban J connectivity index is 1.81. The minimum atomic E-state index is -0.533. The maximum atomic E-state index is 12.1. The lowest BCUT2D eigenvalue weighted by atomic mass is 9.93. The first-order chi connectivity index (χ1) is 11.1. The van der Waals surface area contributed by atoms with E-state index in [0.717, 1.165) is 5.56 Å². The van der Waals surface area contributed by atoms with Crippen LogP contribution in [0.25, 0.3) is 0 Å². The van der Waals surface area contributed by atoms with Gasteiger partial charge in [-0.2, -0.15) is 0 Å². The molecule has 7 heteroatoms. The molecule has 1 saturated heterocycles. The average molecular weight is 335 g/mol. The third-order valence-electron chi connectivity index (χ3n) is 3.54. The minimum Gasteiger partial charge on any atom is -0.444 e. The summed E-state index contributed by atoms with van der Waals surface area (Å²) in [6.07, 6.45) is -0.373. The number of aliphatic hydroxyl groups excluding tert-OH is 1. The van der Waals surface area contributed by atoms with E-state index in [1.807, 2.05) is 27.7 Å². The molecule has 3 amide bonds. The van der Waals surface area contributed by atoms with Crippen molar-refractivity contribution in [2.45, 2.75) is 45.4 Å². The number of nitrogens with zero attached hydrogens (tertiary/aromatic N) is 1. The molecule has 24 heavy (non-hydrogen) atoms. The summed E-state index contributed by atoms with van der Waals surface area (Å²) in [5, 5.41) is 14.6. The maximum Gasteiger partial charge on any atom is 0.410 e. The zero-order valence-corrected chi connectivity index (χ0v) is 14.5. The molecule has 3 N–H and O–H groups in total. The monoisotopic (exact) mass is 335 g/mol. The molecule has 0 radical (unpaired) electrons. The van der Waals surface area contributed by atoms with Gasteiger partial charge in [-0.05, 0) is 45.4 Å². The van der Waals surface area contributed by atoms with E-state index in [1.165, 1.54) is 0 Å². The van der Waals surface area contributed by atoms with Gasteiger partial charge in [0.25, 0.3) is 0 Å². The first-order valence-corrected chi connectivity index (χ1v) is 7.87. The quantitative estimate of drug-likeness (QED) is 0.790. The van der Waals surface area contributed by atoms with Crippen molar-refractivity contribution in [1.29, 1.82) is 0 Å². The molecule has 132 valence electrons. The van der Waals surface area contributed by atoms with Gasteiger partial charge < -0.3 is 25.4 Å². The number of anilines is 1.